The van der Waals surface area contributed by atoms with Crippen molar-refractivity contribution in [3.8, 4) is 10.7 Å². The SMILES string of the molecule is COC1CC(C(=O)O)N(C(=O)CCc2nc(-c3cccs3)no2)C1. The minimum Gasteiger partial charge on any atom is -0.480 e. The summed E-state index contributed by atoms with van der Waals surface area (Å²) in [7, 11) is 1.52. The molecule has 1 N–H and O–H groups in total. The van der Waals surface area contributed by atoms with Gasteiger partial charge in [0, 0.05) is 32.9 Å². The van der Waals surface area contributed by atoms with Crippen LogP contribution in [0.4, 0.5) is 0 Å². The smallest absolute Gasteiger partial charge is 0.326 e. The minimum atomic E-state index is -1.01. The van der Waals surface area contributed by atoms with Gasteiger partial charge in [-0.15, -0.1) is 11.3 Å². The molecule has 2 aromatic rings. The highest BCUT2D eigenvalue weighted by Crippen LogP contribution is 2.23. The van der Waals surface area contributed by atoms with Gasteiger partial charge in [-0.3, -0.25) is 4.79 Å². The van der Waals surface area contributed by atoms with Crippen LogP contribution in [0.5, 0.6) is 0 Å². The van der Waals surface area contributed by atoms with E-state index in [-0.39, 0.29) is 31.4 Å². The maximum Gasteiger partial charge on any atom is 0.326 e. The molecule has 3 heterocycles. The first-order valence-corrected chi connectivity index (χ1v) is 8.38. The lowest BCUT2D eigenvalue weighted by atomic mass is 10.2. The Morgan fingerprint density at radius 1 is 1.54 bits per heavy atom. The van der Waals surface area contributed by atoms with Crippen molar-refractivity contribution in [2.45, 2.75) is 31.4 Å². The quantitative estimate of drug-likeness (QED) is 0.839. The van der Waals surface area contributed by atoms with Crippen LogP contribution in [-0.2, 0) is 20.7 Å². The molecule has 1 aliphatic rings. The number of amides is 1. The third kappa shape index (κ3) is 3.46. The minimum absolute atomic E-state index is 0.117. The van der Waals surface area contributed by atoms with E-state index in [9.17, 15) is 14.7 Å². The first-order valence-electron chi connectivity index (χ1n) is 7.50. The first kappa shape index (κ1) is 16.6. The second kappa shape index (κ2) is 7.10. The van der Waals surface area contributed by atoms with Gasteiger partial charge < -0.3 is 19.3 Å². The molecule has 24 heavy (non-hydrogen) atoms. The molecular formula is C15H17N3O5S. The van der Waals surface area contributed by atoms with E-state index in [1.165, 1.54) is 23.3 Å². The number of hydrogen-bond donors (Lipinski definition) is 1. The Bertz CT molecular complexity index is 715. The van der Waals surface area contributed by atoms with Gasteiger partial charge in [-0.25, -0.2) is 4.79 Å². The summed E-state index contributed by atoms with van der Waals surface area (Å²) in [4.78, 5) is 30.2. The number of rotatable bonds is 6. The molecule has 2 aromatic heterocycles. The van der Waals surface area contributed by atoms with Crippen molar-refractivity contribution in [1.29, 1.82) is 0 Å². The topological polar surface area (TPSA) is 106 Å². The number of hydrogen-bond acceptors (Lipinski definition) is 7. The van der Waals surface area contributed by atoms with Gasteiger partial charge >= 0.3 is 5.97 Å². The van der Waals surface area contributed by atoms with Crippen molar-refractivity contribution >= 4 is 23.2 Å². The predicted molar refractivity (Wildman–Crippen MR) is 84.5 cm³/mol. The van der Waals surface area contributed by atoms with Crippen molar-refractivity contribution < 1.29 is 24.0 Å². The average molecular weight is 351 g/mol. The Morgan fingerprint density at radius 3 is 3.04 bits per heavy atom. The number of aryl methyl sites for hydroxylation is 1. The van der Waals surface area contributed by atoms with E-state index in [4.69, 9.17) is 9.26 Å². The van der Waals surface area contributed by atoms with Gasteiger partial charge in [-0.05, 0) is 11.4 Å². The van der Waals surface area contributed by atoms with E-state index >= 15 is 0 Å². The molecule has 1 aliphatic heterocycles. The Balaban J connectivity index is 1.60. The molecule has 2 atom stereocenters. The van der Waals surface area contributed by atoms with Crippen LogP contribution in [0.2, 0.25) is 0 Å². The summed E-state index contributed by atoms with van der Waals surface area (Å²) < 4.78 is 10.3. The number of methoxy groups -OCH3 is 1. The number of likely N-dealkylation sites (tertiary alicyclic amines) is 1. The Morgan fingerprint density at radius 2 is 2.38 bits per heavy atom. The molecule has 8 nitrogen and oxygen atoms in total. The van der Waals surface area contributed by atoms with Crippen LogP contribution in [0.1, 0.15) is 18.7 Å². The number of ether oxygens (including phenoxy) is 1. The first-order chi connectivity index (χ1) is 11.6. The van der Waals surface area contributed by atoms with E-state index in [0.717, 1.165) is 4.88 Å². The Labute approximate surface area is 142 Å². The van der Waals surface area contributed by atoms with E-state index in [1.807, 2.05) is 17.5 Å². The van der Waals surface area contributed by atoms with Gasteiger partial charge in [0.05, 0.1) is 11.0 Å². The summed E-state index contributed by atoms with van der Waals surface area (Å²) in [5.74, 6) is -0.406. The zero-order valence-electron chi connectivity index (χ0n) is 13.0. The lowest BCUT2D eigenvalue weighted by molar-refractivity contribution is -0.148. The number of thiophene rings is 1. The summed E-state index contributed by atoms with van der Waals surface area (Å²) in [5, 5.41) is 15.1. The maximum absolute atomic E-state index is 12.3. The third-order valence-corrected chi connectivity index (χ3v) is 4.83. The van der Waals surface area contributed by atoms with Gasteiger partial charge in [0.15, 0.2) is 0 Å². The van der Waals surface area contributed by atoms with Crippen molar-refractivity contribution in [2.75, 3.05) is 13.7 Å². The van der Waals surface area contributed by atoms with E-state index in [2.05, 4.69) is 10.1 Å². The highest BCUT2D eigenvalue weighted by Gasteiger charge is 2.39. The normalized spacial score (nSPS) is 20.5. The van der Waals surface area contributed by atoms with Crippen LogP contribution in [0.15, 0.2) is 22.0 Å². The van der Waals surface area contributed by atoms with Crippen LogP contribution in [0.3, 0.4) is 0 Å². The third-order valence-electron chi connectivity index (χ3n) is 3.96. The molecule has 9 heteroatoms. The Hall–Kier alpha value is -2.26. The summed E-state index contributed by atoms with van der Waals surface area (Å²) in [6.07, 6.45) is 0.453. The van der Waals surface area contributed by atoms with Crippen LogP contribution in [0, 0.1) is 0 Å². The predicted octanol–water partition coefficient (Wildman–Crippen LogP) is 1.43. The van der Waals surface area contributed by atoms with Crippen LogP contribution < -0.4 is 0 Å². The summed E-state index contributed by atoms with van der Waals surface area (Å²) in [6.45, 7) is 0.288. The fourth-order valence-corrected chi connectivity index (χ4v) is 3.35. The molecule has 0 aliphatic carbocycles. The molecule has 0 aromatic carbocycles. The van der Waals surface area contributed by atoms with Gasteiger partial charge in [0.1, 0.15) is 6.04 Å². The van der Waals surface area contributed by atoms with Crippen LogP contribution in [-0.4, -0.2) is 57.8 Å². The number of carbonyl (C=O) groups is 2. The molecule has 1 saturated heterocycles. The lowest BCUT2D eigenvalue weighted by Gasteiger charge is -2.20. The molecule has 128 valence electrons. The molecule has 0 bridgehead atoms. The van der Waals surface area contributed by atoms with Gasteiger partial charge in [-0.1, -0.05) is 11.2 Å². The number of carbonyl (C=O) groups excluding carboxylic acids is 1. The molecule has 2 unspecified atom stereocenters. The second-order valence-corrected chi connectivity index (χ2v) is 6.43. The van der Waals surface area contributed by atoms with Crippen LogP contribution in [0.25, 0.3) is 10.7 Å². The molecule has 0 spiro atoms. The average Bonchev–Trinajstić information content (AvgIpc) is 3.31. The highest BCUT2D eigenvalue weighted by molar-refractivity contribution is 7.13. The maximum atomic E-state index is 12.3. The monoisotopic (exact) mass is 351 g/mol. The number of carboxylic acids is 1. The summed E-state index contributed by atoms with van der Waals surface area (Å²) in [5.41, 5.74) is 0. The molecule has 1 fully saturated rings. The van der Waals surface area contributed by atoms with Crippen molar-refractivity contribution in [3.63, 3.8) is 0 Å². The Kier molecular flexibility index (Phi) is 4.91. The van der Waals surface area contributed by atoms with E-state index < -0.39 is 12.0 Å². The number of nitrogens with zero attached hydrogens (tertiary/aromatic N) is 3. The zero-order chi connectivity index (χ0) is 17.1. The summed E-state index contributed by atoms with van der Waals surface area (Å²) in [6, 6.07) is 2.94. The summed E-state index contributed by atoms with van der Waals surface area (Å²) >= 11 is 1.50. The molecular weight excluding hydrogens is 334 g/mol. The zero-order valence-corrected chi connectivity index (χ0v) is 13.9. The van der Waals surface area contributed by atoms with E-state index in [0.29, 0.717) is 18.1 Å². The molecule has 1 amide bonds. The molecule has 3 rings (SSSR count). The fourth-order valence-electron chi connectivity index (χ4n) is 2.70. The van der Waals surface area contributed by atoms with Crippen molar-refractivity contribution in [3.05, 3.63) is 23.4 Å². The molecule has 0 saturated carbocycles. The number of aliphatic carboxylic acids is 1. The van der Waals surface area contributed by atoms with Crippen molar-refractivity contribution in [2.24, 2.45) is 0 Å². The number of aromatic nitrogens is 2. The molecule has 0 radical (unpaired) electrons. The van der Waals surface area contributed by atoms with Gasteiger partial charge in [0.2, 0.25) is 17.6 Å². The fraction of sp³-hybridized carbons (Fsp3) is 0.467. The van der Waals surface area contributed by atoms with Crippen LogP contribution >= 0.6 is 11.3 Å². The number of carboxylic acid groups (broad SMARTS) is 1. The lowest BCUT2D eigenvalue weighted by Crippen LogP contribution is -2.40. The van der Waals surface area contributed by atoms with Gasteiger partial charge in [-0.2, -0.15) is 4.98 Å². The van der Waals surface area contributed by atoms with Gasteiger partial charge in [0.25, 0.3) is 0 Å². The van der Waals surface area contributed by atoms with Crippen molar-refractivity contribution in [1.82, 2.24) is 15.0 Å². The van der Waals surface area contributed by atoms with E-state index in [1.54, 1.807) is 0 Å². The standard InChI is InChI=1S/C15H17N3O5S/c1-22-9-7-10(15(20)21)18(8-9)13(19)5-4-12-16-14(17-23-12)11-3-2-6-24-11/h2-3,6,9-10H,4-5,7-8H2,1H3,(H,20,21). The largest absolute Gasteiger partial charge is 0.480 e. The second-order valence-electron chi connectivity index (χ2n) is 5.48. The highest BCUT2D eigenvalue weighted by atomic mass is 32.1.